The predicted octanol–water partition coefficient (Wildman–Crippen LogP) is 5.34. The van der Waals surface area contributed by atoms with Crippen LogP contribution in [0.5, 0.6) is 11.5 Å². The van der Waals surface area contributed by atoms with Gasteiger partial charge in [-0.25, -0.2) is 0 Å². The number of hydrogen-bond acceptors (Lipinski definition) is 4. The number of fused-ring (bicyclic) bond motifs is 2. The molecule has 5 rings (SSSR count). The minimum Gasteiger partial charge on any atom is -0.507 e. The third-order valence-electron chi connectivity index (χ3n) is 5.71. The SMILES string of the molecule is O=C1c2ccc(Cc3ccccc3)c(O)c2C(=O)c2cccc(OCc3ccccc3)c21. The lowest BCUT2D eigenvalue weighted by molar-refractivity contribution is 0.0972. The van der Waals surface area contributed by atoms with Crippen molar-refractivity contribution in [3.8, 4) is 11.5 Å². The van der Waals surface area contributed by atoms with Crippen molar-refractivity contribution in [3.63, 3.8) is 0 Å². The molecule has 1 aliphatic carbocycles. The number of rotatable bonds is 5. The second-order valence-corrected chi connectivity index (χ2v) is 7.77. The van der Waals surface area contributed by atoms with Crippen LogP contribution in [0.2, 0.25) is 0 Å². The van der Waals surface area contributed by atoms with E-state index >= 15 is 0 Å². The lowest BCUT2D eigenvalue weighted by atomic mass is 9.81. The van der Waals surface area contributed by atoms with Crippen LogP contribution in [0.1, 0.15) is 48.5 Å². The zero-order chi connectivity index (χ0) is 22.1. The molecule has 4 aromatic rings. The van der Waals surface area contributed by atoms with E-state index in [-0.39, 0.29) is 46.2 Å². The van der Waals surface area contributed by atoms with E-state index in [1.165, 1.54) is 0 Å². The topological polar surface area (TPSA) is 63.6 Å². The molecule has 0 aliphatic heterocycles. The molecule has 0 saturated carbocycles. The molecule has 0 heterocycles. The van der Waals surface area contributed by atoms with Crippen LogP contribution in [0, 0.1) is 0 Å². The highest BCUT2D eigenvalue weighted by Crippen LogP contribution is 2.39. The van der Waals surface area contributed by atoms with Gasteiger partial charge in [-0.1, -0.05) is 78.9 Å². The molecule has 32 heavy (non-hydrogen) atoms. The molecule has 4 heteroatoms. The van der Waals surface area contributed by atoms with Gasteiger partial charge in [0.15, 0.2) is 11.6 Å². The van der Waals surface area contributed by atoms with Crippen LogP contribution in [0.3, 0.4) is 0 Å². The zero-order valence-electron chi connectivity index (χ0n) is 17.2. The molecular weight excluding hydrogens is 400 g/mol. The van der Waals surface area contributed by atoms with E-state index in [4.69, 9.17) is 4.74 Å². The van der Waals surface area contributed by atoms with E-state index in [9.17, 15) is 14.7 Å². The number of phenolic OH excluding ortho intramolecular Hbond substituents is 1. The zero-order valence-corrected chi connectivity index (χ0v) is 17.2. The molecule has 0 radical (unpaired) electrons. The maximum atomic E-state index is 13.4. The van der Waals surface area contributed by atoms with Crippen LogP contribution in [-0.4, -0.2) is 16.7 Å². The van der Waals surface area contributed by atoms with Crippen LogP contribution in [0.4, 0.5) is 0 Å². The van der Waals surface area contributed by atoms with Gasteiger partial charge in [-0.3, -0.25) is 9.59 Å². The quantitative estimate of drug-likeness (QED) is 0.417. The molecule has 0 atom stereocenters. The molecule has 1 N–H and O–H groups in total. The van der Waals surface area contributed by atoms with Gasteiger partial charge in [0.25, 0.3) is 0 Å². The Balaban J connectivity index is 1.51. The summed E-state index contributed by atoms with van der Waals surface area (Å²) in [5, 5.41) is 10.9. The first kappa shape index (κ1) is 19.8. The van der Waals surface area contributed by atoms with E-state index in [1.807, 2.05) is 60.7 Å². The average Bonchev–Trinajstić information content (AvgIpc) is 2.83. The van der Waals surface area contributed by atoms with E-state index in [2.05, 4.69) is 0 Å². The van der Waals surface area contributed by atoms with Gasteiger partial charge in [0.2, 0.25) is 0 Å². The van der Waals surface area contributed by atoms with Gasteiger partial charge in [0, 0.05) is 17.5 Å². The number of hydrogen-bond donors (Lipinski definition) is 1. The van der Waals surface area contributed by atoms with Crippen LogP contribution >= 0.6 is 0 Å². The number of carbonyl (C=O) groups is 2. The highest BCUT2D eigenvalue weighted by Gasteiger charge is 2.35. The summed E-state index contributed by atoms with van der Waals surface area (Å²) in [7, 11) is 0. The molecular formula is C28H20O4. The standard InChI is InChI=1S/C28H20O4/c29-26-20(16-18-8-3-1-4-9-18)14-15-22-25(26)28(31)21-12-7-13-23(24(21)27(22)30)32-17-19-10-5-2-6-11-19/h1-15,29H,16-17H2. The minimum absolute atomic E-state index is 0.0659. The van der Waals surface area contributed by atoms with Crippen LogP contribution < -0.4 is 4.74 Å². The molecule has 0 unspecified atom stereocenters. The molecule has 0 fully saturated rings. The predicted molar refractivity (Wildman–Crippen MR) is 121 cm³/mol. The normalized spacial score (nSPS) is 12.2. The molecule has 4 nitrogen and oxygen atoms in total. The fourth-order valence-electron chi connectivity index (χ4n) is 4.09. The summed E-state index contributed by atoms with van der Waals surface area (Å²) in [5.41, 5.74) is 3.34. The van der Waals surface area contributed by atoms with Gasteiger partial charge in [-0.2, -0.15) is 0 Å². The Bertz CT molecular complexity index is 1320. The van der Waals surface area contributed by atoms with Gasteiger partial charge in [-0.15, -0.1) is 0 Å². The summed E-state index contributed by atoms with van der Waals surface area (Å²) in [6, 6.07) is 27.6. The number of ether oxygens (including phenoxy) is 1. The molecule has 0 saturated heterocycles. The number of ketones is 2. The average molecular weight is 420 g/mol. The molecule has 0 aromatic heterocycles. The van der Waals surface area contributed by atoms with Crippen molar-refractivity contribution in [2.75, 3.05) is 0 Å². The van der Waals surface area contributed by atoms with Crippen molar-refractivity contribution in [2.24, 2.45) is 0 Å². The van der Waals surface area contributed by atoms with Crippen molar-refractivity contribution < 1.29 is 19.4 Å². The van der Waals surface area contributed by atoms with E-state index in [1.54, 1.807) is 30.3 Å². The summed E-state index contributed by atoms with van der Waals surface area (Å²) in [5.74, 6) is -0.457. The Kier molecular flexibility index (Phi) is 5.04. The molecule has 0 amide bonds. The van der Waals surface area contributed by atoms with E-state index in [0.717, 1.165) is 11.1 Å². The summed E-state index contributed by atoms with van der Waals surface area (Å²) in [4.78, 5) is 26.7. The van der Waals surface area contributed by atoms with Crippen molar-refractivity contribution in [3.05, 3.63) is 130 Å². The van der Waals surface area contributed by atoms with Gasteiger partial charge in [0.05, 0.1) is 11.1 Å². The Hall–Kier alpha value is -4.18. The second kappa shape index (κ2) is 8.16. The fraction of sp³-hybridized carbons (Fsp3) is 0.0714. The Morgan fingerprint density at radius 2 is 1.25 bits per heavy atom. The van der Waals surface area contributed by atoms with Crippen molar-refractivity contribution >= 4 is 11.6 Å². The van der Waals surface area contributed by atoms with E-state index < -0.39 is 0 Å². The van der Waals surface area contributed by atoms with Gasteiger partial charge in [-0.05, 0) is 28.8 Å². The summed E-state index contributed by atoms with van der Waals surface area (Å²) in [6.45, 7) is 0.285. The van der Waals surface area contributed by atoms with Crippen molar-refractivity contribution in [2.45, 2.75) is 13.0 Å². The molecule has 0 spiro atoms. The van der Waals surface area contributed by atoms with Crippen LogP contribution in [0.15, 0.2) is 91.0 Å². The third kappa shape index (κ3) is 3.46. The van der Waals surface area contributed by atoms with Gasteiger partial charge >= 0.3 is 0 Å². The fourth-order valence-corrected chi connectivity index (χ4v) is 4.09. The lowest BCUT2D eigenvalue weighted by Crippen LogP contribution is -2.22. The summed E-state index contributed by atoms with van der Waals surface area (Å²) < 4.78 is 5.92. The third-order valence-corrected chi connectivity index (χ3v) is 5.71. The maximum Gasteiger partial charge on any atom is 0.198 e. The molecule has 156 valence electrons. The van der Waals surface area contributed by atoms with Crippen LogP contribution in [0.25, 0.3) is 0 Å². The smallest absolute Gasteiger partial charge is 0.198 e. The Morgan fingerprint density at radius 3 is 1.97 bits per heavy atom. The summed E-state index contributed by atoms with van der Waals surface area (Å²) >= 11 is 0. The Morgan fingerprint density at radius 1 is 0.625 bits per heavy atom. The number of benzene rings is 4. The van der Waals surface area contributed by atoms with Crippen molar-refractivity contribution in [1.29, 1.82) is 0 Å². The lowest BCUT2D eigenvalue weighted by Gasteiger charge is -2.22. The van der Waals surface area contributed by atoms with E-state index in [0.29, 0.717) is 17.7 Å². The monoisotopic (exact) mass is 420 g/mol. The molecule has 4 aromatic carbocycles. The van der Waals surface area contributed by atoms with Gasteiger partial charge < -0.3 is 9.84 Å². The number of carbonyl (C=O) groups excluding carboxylic acids is 2. The van der Waals surface area contributed by atoms with Gasteiger partial charge in [0.1, 0.15) is 18.1 Å². The highest BCUT2D eigenvalue weighted by atomic mass is 16.5. The summed E-state index contributed by atoms with van der Waals surface area (Å²) in [6.07, 6.45) is 0.467. The maximum absolute atomic E-state index is 13.4. The number of phenols is 1. The van der Waals surface area contributed by atoms with Crippen LogP contribution in [-0.2, 0) is 13.0 Å². The Labute approximate surface area is 185 Å². The number of aromatic hydroxyl groups is 1. The first-order valence-electron chi connectivity index (χ1n) is 10.4. The highest BCUT2D eigenvalue weighted by molar-refractivity contribution is 6.30. The largest absolute Gasteiger partial charge is 0.507 e. The molecule has 1 aliphatic rings. The van der Waals surface area contributed by atoms with Crippen molar-refractivity contribution in [1.82, 2.24) is 0 Å². The second-order valence-electron chi connectivity index (χ2n) is 7.77. The first-order chi connectivity index (χ1) is 15.6. The first-order valence-corrected chi connectivity index (χ1v) is 10.4. The minimum atomic E-state index is -0.368. The molecule has 0 bridgehead atoms.